The molecule has 360 valence electrons. The van der Waals surface area contributed by atoms with Crippen LogP contribution in [0.4, 0.5) is 0 Å². The molecule has 24 atom stereocenters. The van der Waals surface area contributed by atoms with Crippen molar-refractivity contribution in [2.45, 2.75) is 205 Å². The van der Waals surface area contributed by atoms with Crippen LogP contribution in [-0.2, 0) is 33.2 Å². The van der Waals surface area contributed by atoms with E-state index < -0.39 is 109 Å². The molecule has 8 aliphatic rings. The fourth-order valence-electron chi connectivity index (χ4n) is 15.7. The highest BCUT2D eigenvalue weighted by atomic mass is 16.8. The van der Waals surface area contributed by atoms with Crippen molar-refractivity contribution in [2.75, 3.05) is 13.2 Å². The molecule has 5 saturated carbocycles. The van der Waals surface area contributed by atoms with Crippen molar-refractivity contribution in [1.29, 1.82) is 0 Å². The molecule has 3 heterocycles. The minimum atomic E-state index is -1.75. The van der Waals surface area contributed by atoms with Crippen molar-refractivity contribution in [2.24, 2.45) is 56.7 Å². The lowest BCUT2D eigenvalue weighted by Gasteiger charge is -2.73. The van der Waals surface area contributed by atoms with Crippen LogP contribution >= 0.6 is 0 Å². The highest BCUT2D eigenvalue weighted by Crippen LogP contribution is 2.77. The van der Waals surface area contributed by atoms with E-state index in [4.69, 9.17) is 28.4 Å². The molecule has 8 fully saturated rings. The van der Waals surface area contributed by atoms with E-state index in [2.05, 4.69) is 48.1 Å². The van der Waals surface area contributed by atoms with Crippen molar-refractivity contribution in [3.05, 3.63) is 12.2 Å². The summed E-state index contributed by atoms with van der Waals surface area (Å²) in [4.78, 5) is 13.1. The number of aliphatic hydroxyl groups excluding tert-OH is 8. The number of carboxylic acid groups (broad SMARTS) is 1. The molecule has 0 bridgehead atoms. The Bertz CT molecular complexity index is 1700. The SMILES string of the molecule is C=C(C)[C@@H]1CC[C@]2(C(=O)O)CC[C@]3(C)[C@H](CC[C@@H]4[C@@]5(C)CC[C@H](O[C@@H]6OC[C@H](O[C@@H]7O[C@H](CO)[C@@H](O)[C@H](O)[C@H]7O)[C@H](O)[C@H]6O[C@@H]6O[C@@H](C)[C@H](O)[C@@H](O)[C@H]6O)C(C)(C)[C@@H]5CC[C@]43C)[C@@H]12. The second-order valence-corrected chi connectivity index (χ2v) is 22.5. The molecule has 3 saturated heterocycles. The third-order valence-electron chi connectivity index (χ3n) is 19.4. The highest BCUT2D eigenvalue weighted by molar-refractivity contribution is 5.76. The second-order valence-electron chi connectivity index (χ2n) is 22.5. The summed E-state index contributed by atoms with van der Waals surface area (Å²) in [7, 11) is 0. The topological polar surface area (TPSA) is 255 Å². The minimum absolute atomic E-state index is 0.000575. The molecule has 0 radical (unpaired) electrons. The standard InChI is InChI=1S/C47H76O16/c1-21(2)23-11-16-47(42(56)57)18-17-45(7)24(30(23)47)9-10-28-44(6)14-13-29(43(4,5)27(44)12-15-46(28,45)8)62-41-38(63-39-36(54)34(52)31(49)22(3)59-39)33(51)26(20-58-41)61-40-37(55)35(53)32(50)25(19-48)60-40/h22-41,48-55H,1,9-20H2,2-8H3,(H,56,57)/t22-,23-,24+,25+,26-,27-,28+,29-,30+,31-,32+,33-,34+,35-,36+,37+,38+,39-,40-,41-,44-,45+,46+,47-/m0/s1. The van der Waals surface area contributed by atoms with Gasteiger partial charge in [-0.3, -0.25) is 4.79 Å². The molecule has 0 unspecified atom stereocenters. The zero-order valence-corrected chi connectivity index (χ0v) is 38.1. The zero-order chi connectivity index (χ0) is 45.9. The van der Waals surface area contributed by atoms with Crippen LogP contribution in [0.25, 0.3) is 0 Å². The molecule has 0 aromatic heterocycles. The predicted molar refractivity (Wildman–Crippen MR) is 223 cm³/mol. The summed E-state index contributed by atoms with van der Waals surface area (Å²) >= 11 is 0. The Hall–Kier alpha value is -1.35. The maximum absolute atomic E-state index is 13.1. The lowest BCUT2D eigenvalue weighted by Crippen LogP contribution is -2.67. The average molecular weight is 897 g/mol. The van der Waals surface area contributed by atoms with Gasteiger partial charge in [-0.05, 0) is 129 Å². The van der Waals surface area contributed by atoms with Crippen LogP contribution < -0.4 is 0 Å². The van der Waals surface area contributed by atoms with Crippen LogP contribution in [0.15, 0.2) is 12.2 Å². The van der Waals surface area contributed by atoms with Gasteiger partial charge < -0.3 is 74.4 Å². The summed E-state index contributed by atoms with van der Waals surface area (Å²) in [5.41, 5.74) is -0.0393. The van der Waals surface area contributed by atoms with Gasteiger partial charge in [0, 0.05) is 0 Å². The third kappa shape index (κ3) is 7.33. The predicted octanol–water partition coefficient (Wildman–Crippen LogP) is 2.23. The van der Waals surface area contributed by atoms with E-state index in [1.165, 1.54) is 6.92 Å². The molecule has 16 nitrogen and oxygen atoms in total. The lowest BCUT2D eigenvalue weighted by molar-refractivity contribution is -0.381. The van der Waals surface area contributed by atoms with Gasteiger partial charge in [-0.1, -0.05) is 46.8 Å². The fraction of sp³-hybridized carbons (Fsp3) is 0.936. The average Bonchev–Trinajstić information content (AvgIpc) is 3.64. The number of allylic oxidation sites excluding steroid dienone is 1. The van der Waals surface area contributed by atoms with Gasteiger partial charge in [0.05, 0.1) is 30.8 Å². The minimum Gasteiger partial charge on any atom is -0.481 e. The maximum Gasteiger partial charge on any atom is 0.309 e. The first-order valence-corrected chi connectivity index (χ1v) is 23.6. The Balaban J connectivity index is 1.03. The van der Waals surface area contributed by atoms with E-state index in [0.717, 1.165) is 56.9 Å². The van der Waals surface area contributed by atoms with Crippen LogP contribution in [0.3, 0.4) is 0 Å². The van der Waals surface area contributed by atoms with Crippen LogP contribution in [0.5, 0.6) is 0 Å². The summed E-state index contributed by atoms with van der Waals surface area (Å²) in [5, 5.41) is 96.0. The van der Waals surface area contributed by atoms with Crippen molar-refractivity contribution in [3.8, 4) is 0 Å². The zero-order valence-electron chi connectivity index (χ0n) is 38.1. The van der Waals surface area contributed by atoms with Gasteiger partial charge in [-0.2, -0.15) is 0 Å². The first-order chi connectivity index (χ1) is 29.5. The van der Waals surface area contributed by atoms with E-state index in [1.807, 2.05) is 0 Å². The van der Waals surface area contributed by atoms with E-state index in [0.29, 0.717) is 24.7 Å². The summed E-state index contributed by atoms with van der Waals surface area (Å²) in [5.74, 6) is 0.642. The number of ether oxygens (including phenoxy) is 6. The van der Waals surface area contributed by atoms with Gasteiger partial charge in [0.25, 0.3) is 0 Å². The molecular weight excluding hydrogens is 821 g/mol. The van der Waals surface area contributed by atoms with Gasteiger partial charge in [0.2, 0.25) is 0 Å². The van der Waals surface area contributed by atoms with Crippen molar-refractivity contribution >= 4 is 5.97 Å². The van der Waals surface area contributed by atoms with Gasteiger partial charge >= 0.3 is 5.97 Å². The molecule has 5 aliphatic carbocycles. The quantitative estimate of drug-likeness (QED) is 0.119. The number of carbonyl (C=O) groups is 1. The van der Waals surface area contributed by atoms with Crippen LogP contribution in [-0.4, -0.2) is 157 Å². The van der Waals surface area contributed by atoms with Gasteiger partial charge in [0.15, 0.2) is 18.9 Å². The summed E-state index contributed by atoms with van der Waals surface area (Å²) in [6, 6.07) is 0. The van der Waals surface area contributed by atoms with Gasteiger partial charge in [-0.15, -0.1) is 0 Å². The number of rotatable bonds is 9. The Labute approximate surface area is 371 Å². The Morgan fingerprint density at radius 1 is 0.683 bits per heavy atom. The maximum atomic E-state index is 13.1. The summed E-state index contributed by atoms with van der Waals surface area (Å²) in [6.07, 6.45) is -12.2. The lowest BCUT2D eigenvalue weighted by atomic mass is 9.32. The molecule has 0 amide bonds. The van der Waals surface area contributed by atoms with Crippen LogP contribution in [0.2, 0.25) is 0 Å². The van der Waals surface area contributed by atoms with Gasteiger partial charge in [-0.25, -0.2) is 0 Å². The van der Waals surface area contributed by atoms with Crippen LogP contribution in [0, 0.1) is 56.7 Å². The Kier molecular flexibility index (Phi) is 13.0. The molecule has 9 N–H and O–H groups in total. The summed E-state index contributed by atoms with van der Waals surface area (Å²) < 4.78 is 36.7. The molecule has 3 aliphatic heterocycles. The van der Waals surface area contributed by atoms with E-state index in [9.17, 15) is 50.8 Å². The third-order valence-corrected chi connectivity index (χ3v) is 19.4. The van der Waals surface area contributed by atoms with E-state index in [-0.39, 0.29) is 46.7 Å². The smallest absolute Gasteiger partial charge is 0.309 e. The van der Waals surface area contributed by atoms with E-state index in [1.54, 1.807) is 0 Å². The van der Waals surface area contributed by atoms with Crippen molar-refractivity contribution < 1.29 is 79.2 Å². The molecule has 16 heteroatoms. The van der Waals surface area contributed by atoms with E-state index >= 15 is 0 Å². The Morgan fingerprint density at radius 2 is 1.35 bits per heavy atom. The highest BCUT2D eigenvalue weighted by Gasteiger charge is 2.72. The van der Waals surface area contributed by atoms with Crippen LogP contribution in [0.1, 0.15) is 113 Å². The van der Waals surface area contributed by atoms with Crippen molar-refractivity contribution in [3.63, 3.8) is 0 Å². The number of fused-ring (bicyclic) bond motifs is 7. The molecule has 8 rings (SSSR count). The number of hydrogen-bond acceptors (Lipinski definition) is 15. The monoisotopic (exact) mass is 897 g/mol. The van der Waals surface area contributed by atoms with Crippen molar-refractivity contribution in [1.82, 2.24) is 0 Å². The van der Waals surface area contributed by atoms with Gasteiger partial charge in [0.1, 0.15) is 61.0 Å². The number of hydrogen-bond donors (Lipinski definition) is 9. The Morgan fingerprint density at radius 3 is 2.00 bits per heavy atom. The fourth-order valence-corrected chi connectivity index (χ4v) is 15.7. The number of aliphatic carboxylic acids is 1. The first-order valence-electron chi connectivity index (χ1n) is 23.6. The molecule has 0 aromatic carbocycles. The molecule has 63 heavy (non-hydrogen) atoms. The second kappa shape index (κ2) is 17.0. The largest absolute Gasteiger partial charge is 0.481 e. The molecule has 0 aromatic rings. The first kappa shape index (κ1) is 48.1. The summed E-state index contributed by atoms with van der Waals surface area (Å²) in [6.45, 7) is 19.0. The molecular formula is C47H76O16. The molecule has 0 spiro atoms. The normalized spacial score (nSPS) is 55.5. The number of carboxylic acids is 1. The number of aliphatic hydroxyl groups is 8.